The molecule has 4 heterocycles. The Morgan fingerprint density at radius 2 is 1.72 bits per heavy atom. The number of aromatic nitrogens is 1. The number of para-hydroxylation sites is 1. The number of aliphatic hydroxyl groups is 1. The predicted molar refractivity (Wildman–Crippen MR) is 183 cm³/mol. The van der Waals surface area contributed by atoms with Crippen LogP contribution in [0, 0.1) is 5.41 Å². The number of carboxylic acids is 1. The third-order valence-electron chi connectivity index (χ3n) is 10.1. The van der Waals surface area contributed by atoms with Crippen molar-refractivity contribution in [1.82, 2.24) is 14.8 Å². The Kier molecular flexibility index (Phi) is 11.8. The number of aliphatic carboxylic acids is 1. The summed E-state index contributed by atoms with van der Waals surface area (Å²) in [5.74, 6) is -1.46. The number of hydrogen-bond donors (Lipinski definition) is 2. The number of carbonyl (C=O) groups is 2. The minimum atomic E-state index is -4.66. The lowest BCUT2D eigenvalue weighted by Gasteiger charge is -2.51. The van der Waals surface area contributed by atoms with Crippen LogP contribution < -0.4 is 9.47 Å². The van der Waals surface area contributed by atoms with Crippen molar-refractivity contribution in [2.75, 3.05) is 26.2 Å². The van der Waals surface area contributed by atoms with Gasteiger partial charge in [-0.25, -0.2) is 0 Å². The molecule has 0 unspecified atom stereocenters. The Hall–Kier alpha value is -3.89. The summed E-state index contributed by atoms with van der Waals surface area (Å²) in [6.45, 7) is 4.83. The maximum Gasteiger partial charge on any atom is 0.425 e. The first-order valence-corrected chi connectivity index (χ1v) is 18.2. The number of likely N-dealkylation sites (tertiary alicyclic amines) is 2. The van der Waals surface area contributed by atoms with E-state index in [0.717, 1.165) is 24.5 Å². The smallest absolute Gasteiger partial charge is 0.425 e. The van der Waals surface area contributed by atoms with Gasteiger partial charge in [0.1, 0.15) is 23.0 Å². The van der Waals surface area contributed by atoms with Crippen LogP contribution in [0.25, 0.3) is 0 Å². The molecule has 0 saturated carbocycles. The molecule has 290 valence electrons. The predicted octanol–water partition coefficient (Wildman–Crippen LogP) is 7.76. The van der Waals surface area contributed by atoms with Crippen LogP contribution in [-0.4, -0.2) is 74.8 Å². The molecule has 1 amide bonds. The summed E-state index contributed by atoms with van der Waals surface area (Å²) in [5, 5.41) is 22.6. The number of halogens is 6. The summed E-state index contributed by atoms with van der Waals surface area (Å²) in [6, 6.07) is 7.59. The highest BCUT2D eigenvalue weighted by Crippen LogP contribution is 2.44. The molecular formula is C37H43F6N3O6S. The number of alkyl halides is 6. The molecule has 16 heteroatoms. The van der Waals surface area contributed by atoms with E-state index in [1.807, 2.05) is 6.92 Å². The molecule has 0 bridgehead atoms. The van der Waals surface area contributed by atoms with E-state index >= 15 is 0 Å². The van der Waals surface area contributed by atoms with Gasteiger partial charge in [-0.05, 0) is 70.2 Å². The molecule has 0 radical (unpaired) electrons. The average molecular weight is 772 g/mol. The van der Waals surface area contributed by atoms with Crippen molar-refractivity contribution in [3.63, 3.8) is 0 Å². The van der Waals surface area contributed by atoms with Gasteiger partial charge in [0.15, 0.2) is 0 Å². The van der Waals surface area contributed by atoms with Crippen molar-refractivity contribution >= 4 is 23.2 Å². The number of ether oxygens (including phenoxy) is 2. The largest absolute Gasteiger partial charge is 0.492 e. The number of carbonyl (C=O) groups excluding carboxylic acids is 1. The van der Waals surface area contributed by atoms with Crippen LogP contribution in [0.3, 0.4) is 0 Å². The first-order chi connectivity index (χ1) is 24.8. The summed E-state index contributed by atoms with van der Waals surface area (Å²) in [5.41, 5.74) is -5.00. The number of benzene rings is 1. The Labute approximate surface area is 307 Å². The van der Waals surface area contributed by atoms with Crippen LogP contribution in [0.2, 0.25) is 0 Å². The second kappa shape index (κ2) is 15.5. The van der Waals surface area contributed by atoms with Crippen LogP contribution in [-0.2, 0) is 34.1 Å². The van der Waals surface area contributed by atoms with E-state index in [1.54, 1.807) is 29.2 Å². The SMILES string of the molecule is CCC[C@H]1N(Cc2cnccc2C(F)(F)F)CCC[C@@]1(Oc1csc(C(F)(F)F)c1)C(=O)N1CCC(O)(c2ccccc2OCC(C)(C)C(=O)O)CC1. The molecule has 2 aromatic heterocycles. The highest BCUT2D eigenvalue weighted by Gasteiger charge is 2.55. The van der Waals surface area contributed by atoms with Gasteiger partial charge in [0, 0.05) is 49.0 Å². The number of nitrogens with zero attached hydrogens (tertiary/aromatic N) is 3. The summed E-state index contributed by atoms with van der Waals surface area (Å²) in [6.07, 6.45) is -5.86. The maximum absolute atomic E-state index is 14.9. The molecule has 5 rings (SSSR count). The second-order valence-electron chi connectivity index (χ2n) is 14.3. The summed E-state index contributed by atoms with van der Waals surface area (Å²) in [4.78, 5) is 32.8. The van der Waals surface area contributed by atoms with Crippen LogP contribution in [0.4, 0.5) is 26.3 Å². The number of carboxylic acid groups (broad SMARTS) is 1. The van der Waals surface area contributed by atoms with Crippen molar-refractivity contribution in [3.05, 3.63) is 75.7 Å². The fraction of sp³-hybridized carbons (Fsp3) is 0.541. The van der Waals surface area contributed by atoms with Gasteiger partial charge in [0.25, 0.3) is 5.91 Å². The molecule has 2 fully saturated rings. The second-order valence-corrected chi connectivity index (χ2v) is 15.3. The molecule has 2 atom stereocenters. The molecule has 2 aliphatic heterocycles. The number of piperidine rings is 2. The van der Waals surface area contributed by atoms with Gasteiger partial charge in [-0.3, -0.25) is 19.5 Å². The summed E-state index contributed by atoms with van der Waals surface area (Å²) < 4.78 is 95.3. The Morgan fingerprint density at radius 1 is 1.02 bits per heavy atom. The monoisotopic (exact) mass is 771 g/mol. The third kappa shape index (κ3) is 8.75. The fourth-order valence-corrected chi connectivity index (χ4v) is 7.82. The van der Waals surface area contributed by atoms with Crippen molar-refractivity contribution in [2.24, 2.45) is 5.41 Å². The first kappa shape index (κ1) is 40.3. The lowest BCUT2D eigenvalue weighted by molar-refractivity contribution is -0.166. The van der Waals surface area contributed by atoms with E-state index in [-0.39, 0.29) is 56.8 Å². The van der Waals surface area contributed by atoms with Gasteiger partial charge in [0.2, 0.25) is 5.60 Å². The van der Waals surface area contributed by atoms with Gasteiger partial charge >= 0.3 is 18.3 Å². The molecule has 0 aliphatic carbocycles. The van der Waals surface area contributed by atoms with Crippen molar-refractivity contribution < 1.29 is 55.6 Å². The van der Waals surface area contributed by atoms with Gasteiger partial charge in [-0.15, -0.1) is 11.3 Å². The summed E-state index contributed by atoms with van der Waals surface area (Å²) >= 11 is 0.420. The molecule has 1 aromatic carbocycles. The van der Waals surface area contributed by atoms with E-state index in [4.69, 9.17) is 9.47 Å². The third-order valence-corrected chi connectivity index (χ3v) is 11.0. The highest BCUT2D eigenvalue weighted by molar-refractivity contribution is 7.10. The zero-order chi connectivity index (χ0) is 38.8. The lowest BCUT2D eigenvalue weighted by Crippen LogP contribution is -2.67. The summed E-state index contributed by atoms with van der Waals surface area (Å²) in [7, 11) is 0. The molecule has 53 heavy (non-hydrogen) atoms. The fourth-order valence-electron chi connectivity index (χ4n) is 7.15. The minimum absolute atomic E-state index is 0.0203. The van der Waals surface area contributed by atoms with E-state index < -0.39 is 57.3 Å². The van der Waals surface area contributed by atoms with E-state index in [9.17, 15) is 46.1 Å². The molecular weight excluding hydrogens is 728 g/mol. The van der Waals surface area contributed by atoms with Crippen LogP contribution >= 0.6 is 11.3 Å². The van der Waals surface area contributed by atoms with Gasteiger partial charge in [-0.2, -0.15) is 26.3 Å². The van der Waals surface area contributed by atoms with E-state index in [2.05, 4.69) is 4.98 Å². The van der Waals surface area contributed by atoms with Crippen LogP contribution in [0.5, 0.6) is 11.5 Å². The number of hydrogen-bond acceptors (Lipinski definition) is 8. The molecule has 2 aliphatic rings. The molecule has 2 N–H and O–H groups in total. The highest BCUT2D eigenvalue weighted by atomic mass is 32.1. The maximum atomic E-state index is 14.9. The zero-order valence-corrected chi connectivity index (χ0v) is 30.4. The van der Waals surface area contributed by atoms with Gasteiger partial charge in [-0.1, -0.05) is 31.5 Å². The molecule has 0 spiro atoms. The standard InChI is InChI=1S/C37H43F6N3O6S/c1-4-8-29-35(52-25-19-30(53-22-25)37(41,42)43,12-7-16-46(29)21-24-20-44-15-11-26(24)36(38,39)40)31(47)45-17-13-34(50,14-18-45)27-9-5-6-10-28(27)51-23-33(2,3)32(48)49/h5-6,9-11,15,19-20,22,29,50H,4,7-8,12-14,16-18,21,23H2,1-3H3,(H,48,49)/t29-,35+/m1/s1. The number of amides is 1. The quantitative estimate of drug-likeness (QED) is 0.180. The van der Waals surface area contributed by atoms with Crippen LogP contribution in [0.1, 0.15) is 80.9 Å². The van der Waals surface area contributed by atoms with Crippen molar-refractivity contribution in [1.29, 1.82) is 0 Å². The number of pyridine rings is 1. The Bertz CT molecular complexity index is 1760. The first-order valence-electron chi connectivity index (χ1n) is 17.4. The average Bonchev–Trinajstić information content (AvgIpc) is 3.58. The zero-order valence-electron chi connectivity index (χ0n) is 29.6. The Balaban J connectivity index is 1.46. The normalized spacial score (nSPS) is 21.3. The van der Waals surface area contributed by atoms with Crippen molar-refractivity contribution in [2.45, 2.75) is 95.4 Å². The number of thiophene rings is 1. The van der Waals surface area contributed by atoms with E-state index in [0.29, 0.717) is 48.5 Å². The molecule has 9 nitrogen and oxygen atoms in total. The minimum Gasteiger partial charge on any atom is -0.492 e. The molecule has 3 aromatic rings. The van der Waals surface area contributed by atoms with Gasteiger partial charge < -0.3 is 24.6 Å². The Morgan fingerprint density at radius 3 is 2.34 bits per heavy atom. The van der Waals surface area contributed by atoms with Crippen molar-refractivity contribution in [3.8, 4) is 11.5 Å². The molecule has 2 saturated heterocycles. The van der Waals surface area contributed by atoms with Crippen LogP contribution in [0.15, 0.2) is 54.2 Å². The number of rotatable bonds is 12. The van der Waals surface area contributed by atoms with Gasteiger partial charge in [0.05, 0.1) is 22.6 Å². The van der Waals surface area contributed by atoms with E-state index in [1.165, 1.54) is 24.1 Å². The lowest BCUT2D eigenvalue weighted by atomic mass is 9.78. The topological polar surface area (TPSA) is 112 Å².